The molecule has 0 bridgehead atoms. The van der Waals surface area contributed by atoms with Crippen LogP contribution in [-0.4, -0.2) is 220 Å². The van der Waals surface area contributed by atoms with Crippen molar-refractivity contribution in [2.45, 2.75) is 169 Å². The first kappa shape index (κ1) is 69.6. The van der Waals surface area contributed by atoms with Crippen molar-refractivity contribution in [3.05, 3.63) is 38.5 Å². The lowest BCUT2D eigenvalue weighted by Crippen LogP contribution is -2.61. The number of rotatable bonds is 8. The Kier molecular flexibility index (Phi) is 21.1. The SMILES string of the molecule is Cc1c2oc3c(C)c(N)cc(C(=O)N[C@@H]4C(=O)N[C@H](C(C)C)C(=O)N5CCC[C@H]5C(=O)N(C)CC(=O)N(C)[C@@H](C(C)C)C(=O)O[C@H]4C)c3nc-2c(C(=O)N[C@@H]2C(=O)N[C@H](C(C)C)C(=O)N3CCC[C@H]3C(=O)N(C)CC(=O)N(C)[C@@H](C(C)C)C(=O)O[C@H]2C)c(N)c1=O. The van der Waals surface area contributed by atoms with Gasteiger partial charge in [-0.25, -0.2) is 14.6 Å². The molecule has 0 spiro atoms. The summed E-state index contributed by atoms with van der Waals surface area (Å²) in [6, 6.07) is -9.67. The van der Waals surface area contributed by atoms with Crippen molar-refractivity contribution < 1.29 is 71.4 Å². The van der Waals surface area contributed by atoms with Crippen molar-refractivity contribution in [3.8, 4) is 11.5 Å². The molecule has 0 aromatic heterocycles. The van der Waals surface area contributed by atoms with Gasteiger partial charge in [0, 0.05) is 58.1 Å². The van der Waals surface area contributed by atoms with E-state index in [9.17, 15) is 52.7 Å². The highest BCUT2D eigenvalue weighted by atomic mass is 16.6. The number of aryl methyl sites for hydroxylation is 1. The predicted octanol–water partition coefficient (Wildman–Crippen LogP) is 0.308. The van der Waals surface area contributed by atoms with E-state index >= 15 is 9.59 Å². The van der Waals surface area contributed by atoms with Gasteiger partial charge in [0.2, 0.25) is 52.7 Å². The summed E-state index contributed by atoms with van der Waals surface area (Å²) in [5.41, 5.74) is 9.45. The first-order valence-corrected chi connectivity index (χ1v) is 30.7. The molecule has 4 saturated heterocycles. The van der Waals surface area contributed by atoms with Crippen LogP contribution >= 0.6 is 0 Å². The Morgan fingerprint density at radius 3 is 1.43 bits per heavy atom. The molecule has 496 valence electrons. The van der Waals surface area contributed by atoms with E-state index < -0.39 is 196 Å². The van der Waals surface area contributed by atoms with Gasteiger partial charge >= 0.3 is 11.9 Å². The van der Waals surface area contributed by atoms with E-state index in [1.165, 1.54) is 81.6 Å². The summed E-state index contributed by atoms with van der Waals surface area (Å²) >= 11 is 0. The number of fused-ring (bicyclic) bond motifs is 4. The van der Waals surface area contributed by atoms with Gasteiger partial charge in [0.05, 0.1) is 29.9 Å². The van der Waals surface area contributed by atoms with E-state index in [4.69, 9.17) is 30.3 Å². The minimum atomic E-state index is -1.90. The summed E-state index contributed by atoms with van der Waals surface area (Å²) in [6.45, 7) is 18.1. The number of carbonyl (C=O) groups is 12. The zero-order valence-electron chi connectivity index (χ0n) is 54.6. The zero-order chi connectivity index (χ0) is 67.8. The number of nitrogens with two attached hydrogens (primary N) is 2. The average molecular weight is 1270 g/mol. The number of esters is 2. The number of hydrogen-bond acceptors (Lipinski definition) is 19. The van der Waals surface area contributed by atoms with Gasteiger partial charge in [-0.3, -0.25) is 52.7 Å². The Hall–Kier alpha value is -8.92. The summed E-state index contributed by atoms with van der Waals surface area (Å²) in [6.07, 6.45) is -1.74. The van der Waals surface area contributed by atoms with Crippen LogP contribution in [0.4, 0.5) is 11.4 Å². The average Bonchev–Trinajstić information content (AvgIpc) is 1.33. The number of nitrogen functional groups attached to an aromatic ring is 2. The highest BCUT2D eigenvalue weighted by Gasteiger charge is 2.47. The third-order valence-corrected chi connectivity index (χ3v) is 17.7. The zero-order valence-corrected chi connectivity index (χ0v) is 54.6. The summed E-state index contributed by atoms with van der Waals surface area (Å²) < 4.78 is 18.3. The minimum Gasteiger partial charge on any atom is -0.458 e. The number of amides is 10. The topological polar surface area (TPSA) is 386 Å². The monoisotopic (exact) mass is 1270 g/mol. The number of likely N-dealkylation sites (N-methyl/N-ethyl adjacent to an activating group) is 4. The molecule has 8 N–H and O–H groups in total. The Labute approximate surface area is 527 Å². The van der Waals surface area contributed by atoms with Crippen molar-refractivity contribution in [1.82, 2.24) is 55.7 Å². The van der Waals surface area contributed by atoms with E-state index in [0.717, 1.165) is 9.80 Å². The molecule has 0 saturated carbocycles. The Morgan fingerprint density at radius 1 is 0.604 bits per heavy atom. The van der Waals surface area contributed by atoms with Crippen molar-refractivity contribution in [1.29, 1.82) is 0 Å². The van der Waals surface area contributed by atoms with Crippen molar-refractivity contribution >= 4 is 93.5 Å². The molecule has 7 rings (SSSR count). The molecule has 29 nitrogen and oxygen atoms in total. The maximum absolute atomic E-state index is 15.2. The molecule has 10 atom stereocenters. The van der Waals surface area contributed by atoms with E-state index in [1.54, 1.807) is 55.4 Å². The lowest BCUT2D eigenvalue weighted by atomic mass is 9.98. The maximum atomic E-state index is 15.2. The standard InChI is InChI=1S/C62H87N13O16/c1-26(2)42-59(85)74-21-17-19-36(74)57(83)70(13)24-38(76)72(15)48(28(5)6)61(87)89-32(11)44(55(81)66-42)68-53(79)34-23-35(63)30(9)51-46(34)65-47-40(41(64)50(78)31(10)52(47)91-51)54(80)69-45-33(12)90-62(88)49(29(7)8)73(16)39(77)25-71(14)58(84)37-20-18-22-75(37)60(86)43(27(3)4)67-56(45)82/h23,26-29,32-33,36-37,42-45,48-49H,17-22,24-25,63-64H2,1-16H3,(H,66,81)(H,67,82)(H,68,79)(H,69,80)/t32-,33-,36-,37-,42+,43+,44-,45-,48-,49-/m0/s1. The van der Waals surface area contributed by atoms with E-state index in [-0.39, 0.29) is 59.6 Å². The van der Waals surface area contributed by atoms with Gasteiger partial charge in [-0.1, -0.05) is 55.4 Å². The number of anilines is 2. The predicted molar refractivity (Wildman–Crippen MR) is 330 cm³/mol. The number of aromatic nitrogens is 1. The Morgan fingerprint density at radius 2 is 1.02 bits per heavy atom. The second-order valence-corrected chi connectivity index (χ2v) is 25.8. The van der Waals surface area contributed by atoms with Crippen LogP contribution in [-0.2, 0) is 57.4 Å². The van der Waals surface area contributed by atoms with Gasteiger partial charge in [-0.15, -0.1) is 0 Å². The summed E-state index contributed by atoms with van der Waals surface area (Å²) in [7, 11) is 5.56. The van der Waals surface area contributed by atoms with Gasteiger partial charge in [-0.2, -0.15) is 0 Å². The molecule has 1 aromatic carbocycles. The van der Waals surface area contributed by atoms with Crippen molar-refractivity contribution in [2.75, 3.05) is 65.8 Å². The first-order chi connectivity index (χ1) is 42.5. The van der Waals surface area contributed by atoms with E-state index in [2.05, 4.69) is 21.3 Å². The lowest BCUT2D eigenvalue weighted by Gasteiger charge is -2.36. The summed E-state index contributed by atoms with van der Waals surface area (Å²) in [4.78, 5) is 200. The quantitative estimate of drug-likeness (QED) is 0.100. The number of nitrogens with one attached hydrogen (secondary N) is 4. The van der Waals surface area contributed by atoms with Crippen LogP contribution in [0.5, 0.6) is 0 Å². The summed E-state index contributed by atoms with van der Waals surface area (Å²) in [5, 5.41) is 10.6. The molecule has 0 radical (unpaired) electrons. The maximum Gasteiger partial charge on any atom is 0.329 e. The molecular formula is C62H87N13O16. The van der Waals surface area contributed by atoms with Crippen LogP contribution in [0, 0.1) is 37.5 Å². The van der Waals surface area contributed by atoms with Crippen molar-refractivity contribution in [2.24, 2.45) is 23.7 Å². The number of hydrogen-bond donors (Lipinski definition) is 6. The van der Waals surface area contributed by atoms with Gasteiger partial charge < -0.3 is 76.0 Å². The highest BCUT2D eigenvalue weighted by molar-refractivity contribution is 6.11. The molecule has 1 aliphatic carbocycles. The molecule has 0 unspecified atom stereocenters. The molecule has 6 aliphatic rings. The lowest BCUT2D eigenvalue weighted by molar-refractivity contribution is -0.163. The highest BCUT2D eigenvalue weighted by Crippen LogP contribution is 2.37. The second kappa shape index (κ2) is 27.7. The fourth-order valence-electron chi connectivity index (χ4n) is 12.4. The molecule has 1 aromatic rings. The van der Waals surface area contributed by atoms with Gasteiger partial charge in [0.1, 0.15) is 71.8 Å². The van der Waals surface area contributed by atoms with Crippen LogP contribution in [0.15, 0.2) is 15.3 Å². The molecular weight excluding hydrogens is 1180 g/mol. The largest absolute Gasteiger partial charge is 0.458 e. The normalized spacial score (nSPS) is 26.1. The minimum absolute atomic E-state index is 0.0571. The first-order valence-electron chi connectivity index (χ1n) is 30.7. The Bertz CT molecular complexity index is 3470. The van der Waals surface area contributed by atoms with Gasteiger partial charge in [0.15, 0.2) is 11.3 Å². The van der Waals surface area contributed by atoms with Gasteiger partial charge in [0.25, 0.3) is 11.8 Å². The number of cyclic esters (lactones) is 2. The fourth-order valence-corrected chi connectivity index (χ4v) is 12.4. The second-order valence-electron chi connectivity index (χ2n) is 25.8. The number of ether oxygens (including phenoxy) is 2. The van der Waals surface area contributed by atoms with Gasteiger partial charge in [-0.05, 0) is 83.1 Å². The van der Waals surface area contributed by atoms with Crippen LogP contribution in [0.3, 0.4) is 0 Å². The number of carbonyl (C=O) groups excluding carboxylic acids is 12. The van der Waals surface area contributed by atoms with Crippen molar-refractivity contribution in [3.63, 3.8) is 0 Å². The fraction of sp³-hybridized carbons (Fsp3) is 0.613. The summed E-state index contributed by atoms with van der Waals surface area (Å²) in [5.74, 6) is -12.7. The third-order valence-electron chi connectivity index (χ3n) is 17.7. The molecule has 29 heteroatoms. The molecule has 10 amide bonds. The van der Waals surface area contributed by atoms with E-state index in [1.807, 2.05) is 0 Å². The smallest absolute Gasteiger partial charge is 0.329 e. The van der Waals surface area contributed by atoms with Crippen LogP contribution in [0.2, 0.25) is 0 Å². The third kappa shape index (κ3) is 13.9. The number of benzene rings is 2. The molecule has 5 heterocycles. The van der Waals surface area contributed by atoms with Crippen LogP contribution in [0.25, 0.3) is 22.6 Å². The Balaban J connectivity index is 1.34. The van der Waals surface area contributed by atoms with Crippen LogP contribution < -0.4 is 38.2 Å². The van der Waals surface area contributed by atoms with Crippen LogP contribution in [0.1, 0.15) is 127 Å². The number of nitrogens with zero attached hydrogens (tertiary/aromatic N) is 7. The molecule has 91 heavy (non-hydrogen) atoms. The molecule has 5 aliphatic heterocycles. The molecule has 4 fully saturated rings. The van der Waals surface area contributed by atoms with E-state index in [0.29, 0.717) is 12.8 Å².